The van der Waals surface area contributed by atoms with E-state index in [0.717, 1.165) is 29.9 Å². The van der Waals surface area contributed by atoms with Gasteiger partial charge in [-0.15, -0.1) is 0 Å². The minimum Gasteiger partial charge on any atom is -0.486 e. The van der Waals surface area contributed by atoms with Crippen molar-refractivity contribution in [2.24, 2.45) is 17.8 Å². The highest BCUT2D eigenvalue weighted by Gasteiger charge is 2.38. The van der Waals surface area contributed by atoms with Crippen molar-refractivity contribution in [1.82, 2.24) is 5.32 Å². The van der Waals surface area contributed by atoms with Gasteiger partial charge in [-0.05, 0) is 55.7 Å². The molecule has 6 heteroatoms. The van der Waals surface area contributed by atoms with Gasteiger partial charge in [0.15, 0.2) is 11.5 Å². The standard InChI is InChI=1S/C19H23NO5/c21-18(13-3-4-14(9-13)19(22)23)20-17(11-1-2-11)12-5-6-15-16(10-12)25-8-7-24-15/h5-6,10-11,13-14,17H,1-4,7-9H2,(H,20,21)(H,22,23)/t13-,14+,17+/m0/s1. The molecule has 4 rings (SSSR count). The second kappa shape index (κ2) is 6.58. The number of carboxylic acid groups (broad SMARTS) is 1. The van der Waals surface area contributed by atoms with E-state index < -0.39 is 5.97 Å². The van der Waals surface area contributed by atoms with Gasteiger partial charge in [0.25, 0.3) is 0 Å². The molecule has 0 radical (unpaired) electrons. The predicted octanol–water partition coefficient (Wildman–Crippen LogP) is 2.53. The minimum atomic E-state index is -0.791. The van der Waals surface area contributed by atoms with E-state index >= 15 is 0 Å². The largest absolute Gasteiger partial charge is 0.486 e. The summed E-state index contributed by atoms with van der Waals surface area (Å²) in [6.45, 7) is 1.09. The fraction of sp³-hybridized carbons (Fsp3) is 0.579. The molecule has 2 fully saturated rings. The number of carbonyl (C=O) groups is 2. The second-order valence-corrected chi connectivity index (χ2v) is 7.27. The first kappa shape index (κ1) is 16.2. The Morgan fingerprint density at radius 1 is 1.04 bits per heavy atom. The second-order valence-electron chi connectivity index (χ2n) is 7.27. The smallest absolute Gasteiger partial charge is 0.306 e. The molecule has 1 aromatic carbocycles. The molecule has 1 aromatic rings. The van der Waals surface area contributed by atoms with Gasteiger partial charge in [0.05, 0.1) is 12.0 Å². The highest BCUT2D eigenvalue weighted by atomic mass is 16.6. The lowest BCUT2D eigenvalue weighted by Crippen LogP contribution is -2.34. The molecule has 3 aliphatic rings. The van der Waals surface area contributed by atoms with Crippen LogP contribution >= 0.6 is 0 Å². The normalized spacial score (nSPS) is 26.1. The maximum atomic E-state index is 12.7. The van der Waals surface area contributed by atoms with Crippen molar-refractivity contribution in [1.29, 1.82) is 0 Å². The zero-order valence-electron chi connectivity index (χ0n) is 14.1. The van der Waals surface area contributed by atoms with Crippen LogP contribution in [0.5, 0.6) is 11.5 Å². The summed E-state index contributed by atoms with van der Waals surface area (Å²) in [4.78, 5) is 23.8. The first-order chi connectivity index (χ1) is 12.1. The van der Waals surface area contributed by atoms with Gasteiger partial charge in [-0.1, -0.05) is 6.07 Å². The number of aliphatic carboxylic acids is 1. The average molecular weight is 345 g/mol. The molecule has 1 heterocycles. The highest BCUT2D eigenvalue weighted by Crippen LogP contribution is 2.44. The number of benzene rings is 1. The number of nitrogens with one attached hydrogen (secondary N) is 1. The molecular weight excluding hydrogens is 322 g/mol. The van der Waals surface area contributed by atoms with E-state index in [1.54, 1.807) is 0 Å². The van der Waals surface area contributed by atoms with Gasteiger partial charge in [0.1, 0.15) is 13.2 Å². The van der Waals surface area contributed by atoms with E-state index in [0.29, 0.717) is 38.4 Å². The number of hydrogen-bond acceptors (Lipinski definition) is 4. The number of amides is 1. The highest BCUT2D eigenvalue weighted by molar-refractivity contribution is 5.81. The Bertz CT molecular complexity index is 684. The third-order valence-electron chi connectivity index (χ3n) is 5.47. The van der Waals surface area contributed by atoms with Crippen molar-refractivity contribution in [2.45, 2.75) is 38.1 Å². The summed E-state index contributed by atoms with van der Waals surface area (Å²) >= 11 is 0. The molecular formula is C19H23NO5. The van der Waals surface area contributed by atoms with Gasteiger partial charge in [-0.2, -0.15) is 0 Å². The van der Waals surface area contributed by atoms with Crippen LogP contribution < -0.4 is 14.8 Å². The van der Waals surface area contributed by atoms with E-state index in [1.807, 2.05) is 18.2 Å². The predicted molar refractivity (Wildman–Crippen MR) is 89.5 cm³/mol. The molecule has 3 atom stereocenters. The summed E-state index contributed by atoms with van der Waals surface area (Å²) in [6, 6.07) is 5.83. The topological polar surface area (TPSA) is 84.9 Å². The maximum absolute atomic E-state index is 12.7. The molecule has 0 aromatic heterocycles. The molecule has 2 N–H and O–H groups in total. The summed E-state index contributed by atoms with van der Waals surface area (Å²) in [5.41, 5.74) is 1.04. The van der Waals surface area contributed by atoms with Crippen LogP contribution in [0.15, 0.2) is 18.2 Å². The molecule has 0 spiro atoms. The van der Waals surface area contributed by atoms with E-state index in [1.165, 1.54) is 0 Å². The lowest BCUT2D eigenvalue weighted by Gasteiger charge is -2.24. The summed E-state index contributed by atoms with van der Waals surface area (Å²) in [5, 5.41) is 12.3. The lowest BCUT2D eigenvalue weighted by atomic mass is 9.99. The van der Waals surface area contributed by atoms with Crippen LogP contribution in [-0.2, 0) is 9.59 Å². The fourth-order valence-electron chi connectivity index (χ4n) is 3.87. The fourth-order valence-corrected chi connectivity index (χ4v) is 3.87. The lowest BCUT2D eigenvalue weighted by molar-refractivity contribution is -0.141. The van der Waals surface area contributed by atoms with Crippen LogP contribution in [0.4, 0.5) is 0 Å². The first-order valence-electron chi connectivity index (χ1n) is 9.04. The molecule has 25 heavy (non-hydrogen) atoms. The summed E-state index contributed by atoms with van der Waals surface area (Å²) in [5.74, 6) is 0.537. The van der Waals surface area contributed by atoms with Gasteiger partial charge in [0, 0.05) is 5.92 Å². The number of hydrogen-bond donors (Lipinski definition) is 2. The number of carboxylic acids is 1. The Balaban J connectivity index is 1.47. The number of carbonyl (C=O) groups excluding carboxylic acids is 1. The summed E-state index contributed by atoms with van der Waals surface area (Å²) in [7, 11) is 0. The summed E-state index contributed by atoms with van der Waals surface area (Å²) < 4.78 is 11.2. The monoisotopic (exact) mass is 345 g/mol. The van der Waals surface area contributed by atoms with Crippen LogP contribution in [0.2, 0.25) is 0 Å². The molecule has 2 saturated carbocycles. The molecule has 0 unspecified atom stereocenters. The molecule has 0 bridgehead atoms. The van der Waals surface area contributed by atoms with Gasteiger partial charge >= 0.3 is 5.97 Å². The van der Waals surface area contributed by atoms with Gasteiger partial charge in [-0.3, -0.25) is 9.59 Å². The number of rotatable bonds is 5. The maximum Gasteiger partial charge on any atom is 0.306 e. The summed E-state index contributed by atoms with van der Waals surface area (Å²) in [6.07, 6.45) is 3.89. The van der Waals surface area contributed by atoms with Gasteiger partial charge < -0.3 is 19.9 Å². The zero-order chi connectivity index (χ0) is 17.4. The Morgan fingerprint density at radius 2 is 1.76 bits per heavy atom. The SMILES string of the molecule is O=C(O)[C@@H]1CC[C@H](C(=O)N[C@@H](c2ccc3c(c2)OCCO3)C2CC2)C1. The van der Waals surface area contributed by atoms with Gasteiger partial charge in [0.2, 0.25) is 5.91 Å². The number of ether oxygens (including phenoxy) is 2. The van der Waals surface area contributed by atoms with Crippen LogP contribution in [0.3, 0.4) is 0 Å². The van der Waals surface area contributed by atoms with Gasteiger partial charge in [-0.25, -0.2) is 0 Å². The molecule has 1 aliphatic heterocycles. The van der Waals surface area contributed by atoms with E-state index in [2.05, 4.69) is 5.32 Å². The van der Waals surface area contributed by atoms with Crippen molar-refractivity contribution in [3.8, 4) is 11.5 Å². The van der Waals surface area contributed by atoms with E-state index in [-0.39, 0.29) is 23.8 Å². The van der Waals surface area contributed by atoms with Crippen LogP contribution in [-0.4, -0.2) is 30.2 Å². The molecule has 6 nitrogen and oxygen atoms in total. The van der Waals surface area contributed by atoms with E-state index in [9.17, 15) is 9.59 Å². The Kier molecular flexibility index (Phi) is 4.27. The van der Waals surface area contributed by atoms with Crippen molar-refractivity contribution in [3.63, 3.8) is 0 Å². The average Bonchev–Trinajstić information content (AvgIpc) is 3.33. The third-order valence-corrected chi connectivity index (χ3v) is 5.47. The first-order valence-corrected chi connectivity index (χ1v) is 9.04. The molecule has 2 aliphatic carbocycles. The van der Waals surface area contributed by atoms with Crippen LogP contribution in [0.25, 0.3) is 0 Å². The zero-order valence-corrected chi connectivity index (χ0v) is 14.1. The van der Waals surface area contributed by atoms with Crippen LogP contribution in [0.1, 0.15) is 43.7 Å². The Hall–Kier alpha value is -2.24. The van der Waals surface area contributed by atoms with Crippen LogP contribution in [0, 0.1) is 17.8 Å². The van der Waals surface area contributed by atoms with Crippen molar-refractivity contribution in [2.75, 3.05) is 13.2 Å². The van der Waals surface area contributed by atoms with Crippen molar-refractivity contribution < 1.29 is 24.2 Å². The number of fused-ring (bicyclic) bond motifs is 1. The van der Waals surface area contributed by atoms with E-state index in [4.69, 9.17) is 14.6 Å². The molecule has 0 saturated heterocycles. The van der Waals surface area contributed by atoms with Crippen molar-refractivity contribution in [3.05, 3.63) is 23.8 Å². The Labute approximate surface area is 146 Å². The molecule has 1 amide bonds. The quantitative estimate of drug-likeness (QED) is 0.857. The third kappa shape index (κ3) is 3.43. The Morgan fingerprint density at radius 3 is 2.44 bits per heavy atom. The molecule has 134 valence electrons. The minimum absolute atomic E-state index is 0.0180. The van der Waals surface area contributed by atoms with Crippen molar-refractivity contribution >= 4 is 11.9 Å².